The van der Waals surface area contributed by atoms with Crippen LogP contribution in [0.5, 0.6) is 0 Å². The van der Waals surface area contributed by atoms with Gasteiger partial charge in [0.1, 0.15) is 11.3 Å². The number of hydrogen-bond donors (Lipinski definition) is 2. The van der Waals surface area contributed by atoms with Gasteiger partial charge in [0.25, 0.3) is 0 Å². The predicted octanol–water partition coefficient (Wildman–Crippen LogP) is 3.40. The summed E-state index contributed by atoms with van der Waals surface area (Å²) in [6, 6.07) is 0. The van der Waals surface area contributed by atoms with Gasteiger partial charge in [-0.05, 0) is 30.6 Å². The Balaban J connectivity index is 0.00000676. The number of aliphatic hydroxyl groups is 2. The van der Waals surface area contributed by atoms with Gasteiger partial charge in [0.05, 0.1) is 5.92 Å². The molecule has 27 heavy (non-hydrogen) atoms. The van der Waals surface area contributed by atoms with E-state index in [0.717, 1.165) is 0 Å². The maximum atomic E-state index is 12.9. The van der Waals surface area contributed by atoms with Crippen molar-refractivity contribution in [1.82, 2.24) is 0 Å². The van der Waals surface area contributed by atoms with Crippen LogP contribution < -0.4 is 0 Å². The van der Waals surface area contributed by atoms with E-state index in [-0.39, 0.29) is 94.0 Å². The van der Waals surface area contributed by atoms with Crippen LogP contribution in [0.15, 0.2) is 11.3 Å². The fourth-order valence-corrected chi connectivity index (χ4v) is 3.36. The van der Waals surface area contributed by atoms with Gasteiger partial charge in [-0.25, -0.2) is 0 Å². The maximum Gasteiger partial charge on any atom is 0.190 e. The van der Waals surface area contributed by atoms with Crippen LogP contribution in [-0.4, -0.2) is 84.5 Å². The zero-order valence-electron chi connectivity index (χ0n) is 18.0. The number of carbonyl (C=O) groups excluding carboxylic acids is 3. The van der Waals surface area contributed by atoms with E-state index in [1.165, 1.54) is 0 Å². The van der Waals surface area contributed by atoms with Crippen molar-refractivity contribution in [3.05, 3.63) is 11.3 Å². The summed E-state index contributed by atoms with van der Waals surface area (Å²) in [5.41, 5.74) is -2.63. The van der Waals surface area contributed by atoms with Gasteiger partial charge in [-0.15, -0.1) is 0 Å². The van der Waals surface area contributed by atoms with E-state index in [4.69, 9.17) is 0 Å². The van der Waals surface area contributed by atoms with Crippen LogP contribution in [0.3, 0.4) is 0 Å². The molecule has 0 aromatic rings. The molecule has 1 aliphatic rings. The van der Waals surface area contributed by atoms with Crippen molar-refractivity contribution < 1.29 is 24.6 Å². The maximum absolute atomic E-state index is 12.9. The molecule has 0 saturated heterocycles. The second-order valence-corrected chi connectivity index (χ2v) is 8.75. The number of allylic oxidation sites excluding steroid dienone is 1. The molecule has 1 radical (unpaired) electrons. The predicted molar refractivity (Wildman–Crippen MR) is 106 cm³/mol. The third-order valence-electron chi connectivity index (χ3n) is 4.94. The zero-order valence-corrected chi connectivity index (χ0v) is 21.1. The number of aliphatic hydroxyl groups excluding tert-OH is 1. The average Bonchev–Trinajstić information content (AvgIpc) is 2.69. The molecule has 0 aliphatic heterocycles. The van der Waals surface area contributed by atoms with Gasteiger partial charge in [-0.2, -0.15) is 0 Å². The Hall–Kier alpha value is 0.146. The third-order valence-corrected chi connectivity index (χ3v) is 4.94. The van der Waals surface area contributed by atoms with Gasteiger partial charge >= 0.3 is 0 Å². The summed E-state index contributed by atoms with van der Waals surface area (Å²) < 4.78 is 0. The molecule has 0 aromatic carbocycles. The molecule has 0 spiro atoms. The molecular formula is C21H34KO5. The van der Waals surface area contributed by atoms with Gasteiger partial charge < -0.3 is 10.2 Å². The fourth-order valence-electron chi connectivity index (χ4n) is 3.36. The van der Waals surface area contributed by atoms with Crippen molar-refractivity contribution in [2.24, 2.45) is 23.7 Å². The smallest absolute Gasteiger partial charge is 0.190 e. The van der Waals surface area contributed by atoms with Gasteiger partial charge in [0.2, 0.25) is 0 Å². The molecule has 1 aliphatic carbocycles. The van der Waals surface area contributed by atoms with E-state index in [2.05, 4.69) is 0 Å². The first-order valence-electron chi connectivity index (χ1n) is 9.69. The minimum atomic E-state index is -2.26. The SMILES string of the molecule is CC(C)CCC(=O)[C@@]1(O)C(O)=C(C(=O)CC(C)C)C(=O)[C@@H]1CCC(C)C.[K]. The third kappa shape index (κ3) is 6.58. The van der Waals surface area contributed by atoms with Crippen molar-refractivity contribution in [1.29, 1.82) is 0 Å². The molecule has 0 heterocycles. The van der Waals surface area contributed by atoms with Crippen molar-refractivity contribution >= 4 is 68.7 Å². The van der Waals surface area contributed by atoms with Crippen LogP contribution in [0, 0.1) is 23.7 Å². The first kappa shape index (κ1) is 27.1. The topological polar surface area (TPSA) is 91.7 Å². The van der Waals surface area contributed by atoms with Crippen LogP contribution in [-0.2, 0) is 14.4 Å². The zero-order chi connectivity index (χ0) is 20.2. The number of Topliss-reactive ketones (excluding diaryl/α,β-unsaturated/α-hetero) is 3. The Kier molecular flexibility index (Phi) is 11.4. The van der Waals surface area contributed by atoms with Crippen LogP contribution in [0.4, 0.5) is 0 Å². The molecule has 2 atom stereocenters. The largest absolute Gasteiger partial charge is 0.508 e. The first-order valence-corrected chi connectivity index (χ1v) is 9.69. The number of ketones is 3. The first-order chi connectivity index (χ1) is 11.9. The van der Waals surface area contributed by atoms with Gasteiger partial charge in [-0.1, -0.05) is 48.0 Å². The van der Waals surface area contributed by atoms with Gasteiger partial charge in [0.15, 0.2) is 23.0 Å². The number of hydrogen-bond acceptors (Lipinski definition) is 5. The normalized spacial score (nSPS) is 22.7. The van der Waals surface area contributed by atoms with Gasteiger partial charge in [0, 0.05) is 64.2 Å². The molecular weight excluding hydrogens is 371 g/mol. The summed E-state index contributed by atoms with van der Waals surface area (Å²) >= 11 is 0. The van der Waals surface area contributed by atoms with Crippen molar-refractivity contribution in [2.45, 2.75) is 79.2 Å². The molecule has 1 rings (SSSR count). The Morgan fingerprint density at radius 1 is 1.00 bits per heavy atom. The fraction of sp³-hybridized carbons (Fsp3) is 0.762. The molecule has 0 unspecified atom stereocenters. The molecule has 0 saturated carbocycles. The summed E-state index contributed by atoms with van der Waals surface area (Å²) in [7, 11) is 0. The summed E-state index contributed by atoms with van der Waals surface area (Å²) in [6.45, 7) is 11.6. The Labute approximate surface area is 205 Å². The van der Waals surface area contributed by atoms with Crippen molar-refractivity contribution in [3.8, 4) is 0 Å². The molecule has 0 bridgehead atoms. The molecule has 149 valence electrons. The van der Waals surface area contributed by atoms with Crippen molar-refractivity contribution in [3.63, 3.8) is 0 Å². The summed E-state index contributed by atoms with van der Waals surface area (Å²) in [5.74, 6) is -2.92. The Bertz CT molecular complexity index is 591. The van der Waals surface area contributed by atoms with E-state index >= 15 is 0 Å². The molecule has 5 nitrogen and oxygen atoms in total. The van der Waals surface area contributed by atoms with Crippen LogP contribution in [0.2, 0.25) is 0 Å². The minimum absolute atomic E-state index is 0. The second-order valence-electron chi connectivity index (χ2n) is 8.75. The summed E-state index contributed by atoms with van der Waals surface area (Å²) in [4.78, 5) is 38.1. The van der Waals surface area contributed by atoms with Crippen LogP contribution >= 0.6 is 0 Å². The Morgan fingerprint density at radius 3 is 1.96 bits per heavy atom. The van der Waals surface area contributed by atoms with E-state index in [1.54, 1.807) is 0 Å². The summed E-state index contributed by atoms with van der Waals surface area (Å²) in [6.07, 6.45) is 1.60. The van der Waals surface area contributed by atoms with E-state index < -0.39 is 34.6 Å². The second kappa shape index (κ2) is 11.4. The molecule has 6 heteroatoms. The monoisotopic (exact) mass is 405 g/mol. The van der Waals surface area contributed by atoms with E-state index in [9.17, 15) is 24.6 Å². The average molecular weight is 406 g/mol. The molecule has 0 aromatic heterocycles. The minimum Gasteiger partial charge on any atom is -0.508 e. The van der Waals surface area contributed by atoms with E-state index in [1.807, 2.05) is 41.5 Å². The molecule has 2 N–H and O–H groups in total. The molecule has 0 fully saturated rings. The quantitative estimate of drug-likeness (QED) is 0.429. The standard InChI is InChI=1S/C21H34O5.K/c1-12(2)7-9-15-19(24)18(16(22)11-14(5)6)20(25)21(15,26)17(23)10-8-13(3)4;/h12-15,25-26H,7-11H2,1-6H3;/t15-,21+;/m0./s1. The summed E-state index contributed by atoms with van der Waals surface area (Å²) in [5, 5.41) is 21.7. The van der Waals surface area contributed by atoms with Crippen LogP contribution in [0.1, 0.15) is 73.6 Å². The molecule has 0 amide bonds. The number of carbonyl (C=O) groups is 3. The van der Waals surface area contributed by atoms with Crippen LogP contribution in [0.25, 0.3) is 0 Å². The Morgan fingerprint density at radius 2 is 1.52 bits per heavy atom. The number of rotatable bonds is 10. The van der Waals surface area contributed by atoms with Gasteiger partial charge in [-0.3, -0.25) is 14.4 Å². The van der Waals surface area contributed by atoms with Crippen molar-refractivity contribution in [2.75, 3.05) is 0 Å². The van der Waals surface area contributed by atoms with E-state index in [0.29, 0.717) is 12.8 Å².